The first kappa shape index (κ1) is 13.2. The van der Waals surface area contributed by atoms with Crippen molar-refractivity contribution in [3.63, 3.8) is 0 Å². The van der Waals surface area contributed by atoms with Gasteiger partial charge in [0.15, 0.2) is 0 Å². The van der Waals surface area contributed by atoms with Crippen molar-refractivity contribution < 1.29 is 0 Å². The minimum Gasteiger partial charge on any atom is -0.271 e. The minimum absolute atomic E-state index is 0.0201. The molecule has 0 aromatic carbocycles. The molecule has 104 valence electrons. The van der Waals surface area contributed by atoms with Crippen molar-refractivity contribution in [2.45, 2.75) is 38.6 Å². The van der Waals surface area contributed by atoms with Gasteiger partial charge in [-0.3, -0.25) is 21.2 Å². The van der Waals surface area contributed by atoms with Gasteiger partial charge in [0.05, 0.1) is 11.7 Å². The molecule has 2 heterocycles. The molecular formula is C16H20N4. The highest BCUT2D eigenvalue weighted by Crippen LogP contribution is 2.40. The molecule has 2 atom stereocenters. The van der Waals surface area contributed by atoms with Crippen LogP contribution in [0.15, 0.2) is 30.6 Å². The van der Waals surface area contributed by atoms with Crippen LogP contribution in [0.1, 0.15) is 46.5 Å². The molecule has 2 unspecified atom stereocenters. The third-order valence-electron chi connectivity index (χ3n) is 4.13. The lowest BCUT2D eigenvalue weighted by atomic mass is 9.92. The Morgan fingerprint density at radius 2 is 2.20 bits per heavy atom. The number of nitrogens with two attached hydrogens (primary N) is 1. The Morgan fingerprint density at radius 1 is 1.35 bits per heavy atom. The van der Waals surface area contributed by atoms with E-state index in [9.17, 15) is 0 Å². The van der Waals surface area contributed by atoms with Crippen LogP contribution in [0, 0.1) is 13.8 Å². The molecule has 1 aliphatic carbocycles. The van der Waals surface area contributed by atoms with Gasteiger partial charge in [-0.1, -0.05) is 12.1 Å². The van der Waals surface area contributed by atoms with Crippen LogP contribution in [0.4, 0.5) is 0 Å². The fourth-order valence-corrected chi connectivity index (χ4v) is 3.21. The van der Waals surface area contributed by atoms with E-state index in [1.54, 1.807) is 0 Å². The number of pyridine rings is 2. The summed E-state index contributed by atoms with van der Waals surface area (Å²) in [5, 5.41) is 0. The Bertz CT molecular complexity index is 624. The number of aromatic nitrogens is 2. The Hall–Kier alpha value is -1.78. The molecule has 0 spiro atoms. The highest BCUT2D eigenvalue weighted by molar-refractivity contribution is 5.34. The number of hydrogen-bond donors (Lipinski definition) is 2. The molecule has 0 saturated heterocycles. The summed E-state index contributed by atoms with van der Waals surface area (Å²) >= 11 is 0. The topological polar surface area (TPSA) is 63.8 Å². The molecule has 0 saturated carbocycles. The predicted octanol–water partition coefficient (Wildman–Crippen LogP) is 2.33. The van der Waals surface area contributed by atoms with Gasteiger partial charge >= 0.3 is 0 Å². The fourth-order valence-electron chi connectivity index (χ4n) is 3.21. The number of hydrazine groups is 1. The SMILES string of the molecule is Cc1cnc(C(NN)C2CCc3cccnc32)c(C)c1. The summed E-state index contributed by atoms with van der Waals surface area (Å²) in [5.74, 6) is 6.13. The maximum Gasteiger partial charge on any atom is 0.0718 e. The Kier molecular flexibility index (Phi) is 3.51. The van der Waals surface area contributed by atoms with Crippen molar-refractivity contribution in [2.75, 3.05) is 0 Å². The van der Waals surface area contributed by atoms with Gasteiger partial charge in [-0.15, -0.1) is 0 Å². The van der Waals surface area contributed by atoms with Gasteiger partial charge in [-0.05, 0) is 49.4 Å². The molecule has 0 fully saturated rings. The zero-order valence-corrected chi connectivity index (χ0v) is 11.9. The summed E-state index contributed by atoms with van der Waals surface area (Å²) in [7, 11) is 0. The predicted molar refractivity (Wildman–Crippen MR) is 79.1 cm³/mol. The second kappa shape index (κ2) is 5.31. The first-order valence-electron chi connectivity index (χ1n) is 7.03. The number of nitrogens with one attached hydrogen (secondary N) is 1. The molecular weight excluding hydrogens is 248 g/mol. The van der Waals surface area contributed by atoms with E-state index < -0.39 is 0 Å². The fraction of sp³-hybridized carbons (Fsp3) is 0.375. The highest BCUT2D eigenvalue weighted by Gasteiger charge is 2.32. The number of fused-ring (bicyclic) bond motifs is 1. The molecule has 0 aliphatic heterocycles. The average Bonchev–Trinajstić information content (AvgIpc) is 2.86. The molecule has 3 N–H and O–H groups in total. The minimum atomic E-state index is 0.0201. The van der Waals surface area contributed by atoms with Crippen LogP contribution in [0.2, 0.25) is 0 Å². The Labute approximate surface area is 119 Å². The highest BCUT2D eigenvalue weighted by atomic mass is 15.2. The van der Waals surface area contributed by atoms with Gasteiger partial charge in [0.1, 0.15) is 0 Å². The van der Waals surface area contributed by atoms with Crippen LogP contribution >= 0.6 is 0 Å². The maximum atomic E-state index is 5.83. The van der Waals surface area contributed by atoms with Crippen molar-refractivity contribution in [3.8, 4) is 0 Å². The number of hydrogen-bond acceptors (Lipinski definition) is 4. The number of nitrogens with zero attached hydrogens (tertiary/aromatic N) is 2. The van der Waals surface area contributed by atoms with Crippen molar-refractivity contribution in [2.24, 2.45) is 5.84 Å². The van der Waals surface area contributed by atoms with Crippen molar-refractivity contribution >= 4 is 0 Å². The molecule has 20 heavy (non-hydrogen) atoms. The van der Waals surface area contributed by atoms with Crippen LogP contribution < -0.4 is 11.3 Å². The van der Waals surface area contributed by atoms with Crippen LogP contribution in [-0.2, 0) is 6.42 Å². The van der Waals surface area contributed by atoms with E-state index in [2.05, 4.69) is 41.4 Å². The molecule has 1 aliphatic rings. The lowest BCUT2D eigenvalue weighted by molar-refractivity contribution is 0.436. The van der Waals surface area contributed by atoms with E-state index in [-0.39, 0.29) is 6.04 Å². The van der Waals surface area contributed by atoms with Gasteiger partial charge in [0.25, 0.3) is 0 Å². The van der Waals surface area contributed by atoms with Crippen molar-refractivity contribution in [1.29, 1.82) is 0 Å². The molecule has 2 aromatic heterocycles. The standard InChI is InChI=1S/C16H20N4/c1-10-8-11(2)14(19-9-10)16(20-17)13-6-5-12-4-3-7-18-15(12)13/h3-4,7-9,13,16,20H,5-6,17H2,1-2H3. The van der Waals surface area contributed by atoms with E-state index >= 15 is 0 Å². The zero-order valence-electron chi connectivity index (χ0n) is 11.9. The molecule has 4 nitrogen and oxygen atoms in total. The molecule has 0 radical (unpaired) electrons. The summed E-state index contributed by atoms with van der Waals surface area (Å²) in [5.41, 5.74) is 8.84. The lowest BCUT2D eigenvalue weighted by Gasteiger charge is -2.24. The van der Waals surface area contributed by atoms with Gasteiger partial charge in [0, 0.05) is 24.0 Å². The summed E-state index contributed by atoms with van der Waals surface area (Å²) in [4.78, 5) is 9.16. The third kappa shape index (κ3) is 2.21. The molecule has 3 rings (SSSR count). The summed E-state index contributed by atoms with van der Waals surface area (Å²) in [6.07, 6.45) is 5.90. The van der Waals surface area contributed by atoms with E-state index in [1.807, 2.05) is 18.5 Å². The molecule has 2 aromatic rings. The smallest absolute Gasteiger partial charge is 0.0718 e. The molecule has 4 heteroatoms. The van der Waals surface area contributed by atoms with E-state index in [1.165, 1.54) is 16.7 Å². The first-order chi connectivity index (χ1) is 9.70. The van der Waals surface area contributed by atoms with E-state index in [4.69, 9.17) is 5.84 Å². The number of aryl methyl sites for hydroxylation is 3. The number of rotatable bonds is 3. The van der Waals surface area contributed by atoms with E-state index in [0.29, 0.717) is 5.92 Å². The van der Waals surface area contributed by atoms with E-state index in [0.717, 1.165) is 24.2 Å². The summed E-state index contributed by atoms with van der Waals surface area (Å²) in [6.45, 7) is 4.15. The monoisotopic (exact) mass is 268 g/mol. The van der Waals surface area contributed by atoms with Crippen LogP contribution in [0.3, 0.4) is 0 Å². The van der Waals surface area contributed by atoms with Gasteiger partial charge in [-0.25, -0.2) is 0 Å². The van der Waals surface area contributed by atoms with Crippen LogP contribution in [0.5, 0.6) is 0 Å². The maximum absolute atomic E-state index is 5.83. The van der Waals surface area contributed by atoms with Crippen LogP contribution in [-0.4, -0.2) is 9.97 Å². The third-order valence-corrected chi connectivity index (χ3v) is 4.13. The zero-order chi connectivity index (χ0) is 14.1. The largest absolute Gasteiger partial charge is 0.271 e. The van der Waals surface area contributed by atoms with Crippen LogP contribution in [0.25, 0.3) is 0 Å². The second-order valence-corrected chi connectivity index (χ2v) is 5.55. The Balaban J connectivity index is 1.99. The first-order valence-corrected chi connectivity index (χ1v) is 7.03. The quantitative estimate of drug-likeness (QED) is 0.662. The average molecular weight is 268 g/mol. The summed E-state index contributed by atoms with van der Waals surface area (Å²) in [6, 6.07) is 6.33. The summed E-state index contributed by atoms with van der Waals surface area (Å²) < 4.78 is 0. The lowest BCUT2D eigenvalue weighted by Crippen LogP contribution is -2.33. The Morgan fingerprint density at radius 3 is 2.95 bits per heavy atom. The normalized spacial score (nSPS) is 18.9. The van der Waals surface area contributed by atoms with Gasteiger partial charge in [-0.2, -0.15) is 0 Å². The molecule has 0 amide bonds. The van der Waals surface area contributed by atoms with Gasteiger partial charge in [0.2, 0.25) is 0 Å². The van der Waals surface area contributed by atoms with Crippen molar-refractivity contribution in [1.82, 2.24) is 15.4 Å². The second-order valence-electron chi connectivity index (χ2n) is 5.55. The molecule has 0 bridgehead atoms. The van der Waals surface area contributed by atoms with Crippen molar-refractivity contribution in [3.05, 3.63) is 58.7 Å². The van der Waals surface area contributed by atoms with Gasteiger partial charge < -0.3 is 0 Å².